The summed E-state index contributed by atoms with van der Waals surface area (Å²) in [5.74, 6) is -0.188. The highest BCUT2D eigenvalue weighted by Gasteiger charge is 2.17. The molecule has 0 aliphatic heterocycles. The monoisotopic (exact) mass is 284 g/mol. The number of nitrogens with two attached hydrogens (primary N) is 1. The van der Waals surface area contributed by atoms with Gasteiger partial charge >= 0.3 is 6.09 Å². The lowest BCUT2D eigenvalue weighted by Gasteiger charge is -2.20. The zero-order valence-corrected chi connectivity index (χ0v) is 12.0. The first-order chi connectivity index (χ1) is 9.31. The summed E-state index contributed by atoms with van der Waals surface area (Å²) in [7, 11) is 0. The van der Waals surface area contributed by atoms with Gasteiger partial charge in [-0.3, -0.25) is 5.32 Å². The molecule has 5 nitrogen and oxygen atoms in total. The molecule has 0 aliphatic carbocycles. The summed E-state index contributed by atoms with van der Waals surface area (Å²) in [4.78, 5) is 11.7. The van der Waals surface area contributed by atoms with E-state index in [1.165, 1.54) is 18.2 Å². The third-order valence-electron chi connectivity index (χ3n) is 2.19. The minimum atomic E-state index is -0.618. The van der Waals surface area contributed by atoms with Crippen LogP contribution < -0.4 is 15.8 Å². The van der Waals surface area contributed by atoms with Crippen molar-refractivity contribution in [2.45, 2.75) is 32.8 Å². The highest BCUT2D eigenvalue weighted by Crippen LogP contribution is 2.26. The van der Waals surface area contributed by atoms with E-state index in [2.05, 4.69) is 5.32 Å². The molecule has 0 saturated heterocycles. The van der Waals surface area contributed by atoms with E-state index in [0.29, 0.717) is 25.3 Å². The van der Waals surface area contributed by atoms with Gasteiger partial charge in [0.05, 0.1) is 12.3 Å². The van der Waals surface area contributed by atoms with Gasteiger partial charge in [-0.15, -0.1) is 0 Å². The van der Waals surface area contributed by atoms with Crippen LogP contribution in [0.3, 0.4) is 0 Å². The zero-order valence-electron chi connectivity index (χ0n) is 12.0. The fraction of sp³-hybridized carbons (Fsp3) is 0.500. The summed E-state index contributed by atoms with van der Waals surface area (Å²) in [6, 6.07) is 3.88. The molecule has 112 valence electrons. The number of ether oxygens (including phenoxy) is 2. The molecule has 0 saturated carbocycles. The smallest absolute Gasteiger partial charge is 0.412 e. The van der Waals surface area contributed by atoms with E-state index in [1.54, 1.807) is 20.8 Å². The van der Waals surface area contributed by atoms with Crippen molar-refractivity contribution >= 4 is 11.8 Å². The quantitative estimate of drug-likeness (QED) is 0.815. The molecule has 1 aromatic rings. The van der Waals surface area contributed by atoms with Crippen LogP contribution in [0.15, 0.2) is 18.2 Å². The van der Waals surface area contributed by atoms with Crippen molar-refractivity contribution in [1.82, 2.24) is 0 Å². The maximum atomic E-state index is 13.2. The Labute approximate surface area is 118 Å². The Balaban J connectivity index is 2.75. The van der Waals surface area contributed by atoms with Crippen molar-refractivity contribution in [1.29, 1.82) is 0 Å². The number of anilines is 1. The second-order valence-electron chi connectivity index (χ2n) is 5.26. The largest absolute Gasteiger partial charge is 0.491 e. The van der Waals surface area contributed by atoms with Crippen LogP contribution >= 0.6 is 0 Å². The molecule has 0 spiro atoms. The average Bonchev–Trinajstić information content (AvgIpc) is 2.30. The van der Waals surface area contributed by atoms with Crippen molar-refractivity contribution in [2.75, 3.05) is 18.5 Å². The second-order valence-corrected chi connectivity index (χ2v) is 5.26. The maximum Gasteiger partial charge on any atom is 0.412 e. The van der Waals surface area contributed by atoms with Crippen LogP contribution in [0.25, 0.3) is 0 Å². The van der Waals surface area contributed by atoms with E-state index in [9.17, 15) is 9.18 Å². The Morgan fingerprint density at radius 3 is 2.70 bits per heavy atom. The first-order valence-corrected chi connectivity index (χ1v) is 6.44. The molecule has 0 unspecified atom stereocenters. The number of hydrogen-bond acceptors (Lipinski definition) is 4. The van der Waals surface area contributed by atoms with Crippen LogP contribution in [0.1, 0.15) is 27.2 Å². The van der Waals surface area contributed by atoms with Crippen molar-refractivity contribution in [2.24, 2.45) is 5.73 Å². The SMILES string of the molecule is CC(C)(C)OC(=O)Nc1ccc(F)cc1OCCCN. The number of carbonyl (C=O) groups is 1. The highest BCUT2D eigenvalue weighted by molar-refractivity contribution is 5.86. The molecule has 0 radical (unpaired) electrons. The first kappa shape index (κ1) is 16.2. The van der Waals surface area contributed by atoms with Crippen LogP contribution in [-0.2, 0) is 4.74 Å². The number of benzene rings is 1. The van der Waals surface area contributed by atoms with Gasteiger partial charge in [0.2, 0.25) is 0 Å². The summed E-state index contributed by atoms with van der Waals surface area (Å²) < 4.78 is 23.7. The number of rotatable bonds is 5. The lowest BCUT2D eigenvalue weighted by Crippen LogP contribution is -2.27. The molecule has 1 amide bonds. The van der Waals surface area contributed by atoms with Crippen molar-refractivity contribution in [3.05, 3.63) is 24.0 Å². The average molecular weight is 284 g/mol. The van der Waals surface area contributed by atoms with E-state index >= 15 is 0 Å². The summed E-state index contributed by atoms with van der Waals surface area (Å²) in [6.45, 7) is 6.11. The summed E-state index contributed by atoms with van der Waals surface area (Å²) >= 11 is 0. The molecule has 0 fully saturated rings. The van der Waals surface area contributed by atoms with E-state index < -0.39 is 17.5 Å². The lowest BCUT2D eigenvalue weighted by atomic mass is 10.2. The Bertz CT molecular complexity index is 458. The first-order valence-electron chi connectivity index (χ1n) is 6.44. The molecule has 1 rings (SSSR count). The van der Waals surface area contributed by atoms with Gasteiger partial charge < -0.3 is 15.2 Å². The number of nitrogens with one attached hydrogen (secondary N) is 1. The minimum absolute atomic E-state index is 0.254. The number of amides is 1. The standard InChI is InChI=1S/C14H21FN2O3/c1-14(2,3)20-13(18)17-11-6-5-10(15)9-12(11)19-8-4-7-16/h5-6,9H,4,7-8,16H2,1-3H3,(H,17,18). The predicted molar refractivity (Wildman–Crippen MR) is 75.4 cm³/mol. The fourth-order valence-electron chi connectivity index (χ4n) is 1.40. The number of hydrogen-bond donors (Lipinski definition) is 2. The molecular formula is C14H21FN2O3. The van der Waals surface area contributed by atoms with Gasteiger partial charge in [-0.1, -0.05) is 0 Å². The Morgan fingerprint density at radius 1 is 1.40 bits per heavy atom. The van der Waals surface area contributed by atoms with Gasteiger partial charge in [-0.2, -0.15) is 0 Å². The van der Waals surface area contributed by atoms with Gasteiger partial charge in [0.1, 0.15) is 17.2 Å². The summed E-state index contributed by atoms with van der Waals surface area (Å²) in [5.41, 5.74) is 5.12. The van der Waals surface area contributed by atoms with Crippen LogP contribution in [0.2, 0.25) is 0 Å². The third-order valence-corrected chi connectivity index (χ3v) is 2.19. The predicted octanol–water partition coefficient (Wildman–Crippen LogP) is 2.90. The Hall–Kier alpha value is -1.82. The van der Waals surface area contributed by atoms with Gasteiger partial charge in [0.25, 0.3) is 0 Å². The van der Waals surface area contributed by atoms with Crippen molar-refractivity contribution < 1.29 is 18.7 Å². The molecule has 20 heavy (non-hydrogen) atoms. The minimum Gasteiger partial charge on any atom is -0.491 e. The van der Waals surface area contributed by atoms with Crippen LogP contribution in [0, 0.1) is 5.82 Å². The van der Waals surface area contributed by atoms with Crippen LogP contribution in [0.4, 0.5) is 14.9 Å². The van der Waals surface area contributed by atoms with E-state index in [1.807, 2.05) is 0 Å². The topological polar surface area (TPSA) is 73.6 Å². The Morgan fingerprint density at radius 2 is 2.10 bits per heavy atom. The molecule has 1 aromatic carbocycles. The number of carbonyl (C=O) groups excluding carboxylic acids is 1. The van der Waals surface area contributed by atoms with E-state index in [-0.39, 0.29) is 5.75 Å². The van der Waals surface area contributed by atoms with Gasteiger partial charge in [0, 0.05) is 6.07 Å². The van der Waals surface area contributed by atoms with Gasteiger partial charge in [-0.05, 0) is 45.9 Å². The van der Waals surface area contributed by atoms with Crippen LogP contribution in [-0.4, -0.2) is 24.8 Å². The lowest BCUT2D eigenvalue weighted by molar-refractivity contribution is 0.0635. The highest BCUT2D eigenvalue weighted by atomic mass is 19.1. The molecule has 3 N–H and O–H groups in total. The molecule has 0 heterocycles. The molecule has 6 heteroatoms. The van der Waals surface area contributed by atoms with E-state index in [4.69, 9.17) is 15.2 Å². The molecule has 0 aliphatic rings. The van der Waals surface area contributed by atoms with E-state index in [0.717, 1.165) is 0 Å². The van der Waals surface area contributed by atoms with Gasteiger partial charge in [-0.25, -0.2) is 9.18 Å². The normalized spacial score (nSPS) is 11.1. The Kier molecular flexibility index (Phi) is 5.76. The maximum absolute atomic E-state index is 13.2. The molecule has 0 bridgehead atoms. The van der Waals surface area contributed by atoms with Gasteiger partial charge in [0.15, 0.2) is 0 Å². The molecular weight excluding hydrogens is 263 g/mol. The second kappa shape index (κ2) is 7.09. The zero-order chi connectivity index (χ0) is 15.2. The molecule has 0 atom stereocenters. The fourth-order valence-corrected chi connectivity index (χ4v) is 1.40. The third kappa shape index (κ3) is 5.88. The van der Waals surface area contributed by atoms with Crippen LogP contribution in [0.5, 0.6) is 5.75 Å². The molecule has 0 aromatic heterocycles. The summed E-state index contributed by atoms with van der Waals surface area (Å²) in [6.07, 6.45) is 0.0235. The van der Waals surface area contributed by atoms with Crippen molar-refractivity contribution in [3.63, 3.8) is 0 Å². The summed E-state index contributed by atoms with van der Waals surface area (Å²) in [5, 5.41) is 2.54. The number of halogens is 1. The van der Waals surface area contributed by atoms with Crippen molar-refractivity contribution in [3.8, 4) is 5.75 Å².